The van der Waals surface area contributed by atoms with E-state index in [1.165, 1.54) is 6.42 Å². The number of piperazine rings is 1. The lowest BCUT2D eigenvalue weighted by Gasteiger charge is -2.43. The first kappa shape index (κ1) is 13.8. The molecule has 0 aromatic rings. The summed E-state index contributed by atoms with van der Waals surface area (Å²) in [6, 6.07) is 0.597. The molecule has 0 amide bonds. The molecule has 6 heteroatoms. The van der Waals surface area contributed by atoms with Crippen molar-refractivity contribution in [3.63, 3.8) is 0 Å². The highest BCUT2D eigenvalue weighted by Crippen LogP contribution is 2.30. The van der Waals surface area contributed by atoms with Crippen molar-refractivity contribution in [2.45, 2.75) is 49.9 Å². The van der Waals surface area contributed by atoms with E-state index in [1.807, 2.05) is 0 Å². The van der Waals surface area contributed by atoms with Gasteiger partial charge >= 0.3 is 0 Å². The average Bonchev–Trinajstić information content (AvgIpc) is 3.07. The van der Waals surface area contributed by atoms with E-state index in [-0.39, 0.29) is 11.3 Å². The van der Waals surface area contributed by atoms with Crippen molar-refractivity contribution >= 4 is 10.0 Å². The quantitative estimate of drug-likeness (QED) is 0.766. The maximum absolute atomic E-state index is 12.8. The number of hydrogen-bond acceptors (Lipinski definition) is 4. The molecule has 0 radical (unpaired) electrons. The SMILES string of the molecule is CCC1CN2CCCC2CN1S(=O)(=O)C1CCOC1. The van der Waals surface area contributed by atoms with Crippen LogP contribution in [0.1, 0.15) is 32.6 Å². The van der Waals surface area contributed by atoms with E-state index in [2.05, 4.69) is 11.8 Å². The fourth-order valence-corrected chi connectivity index (χ4v) is 5.70. The average molecular weight is 288 g/mol. The minimum absolute atomic E-state index is 0.153. The van der Waals surface area contributed by atoms with E-state index in [0.29, 0.717) is 32.2 Å². The molecule has 0 saturated carbocycles. The third kappa shape index (κ3) is 2.44. The minimum Gasteiger partial charge on any atom is -0.380 e. The van der Waals surface area contributed by atoms with Crippen LogP contribution >= 0.6 is 0 Å². The van der Waals surface area contributed by atoms with Crippen LogP contribution in [-0.4, -0.2) is 67.8 Å². The van der Waals surface area contributed by atoms with Gasteiger partial charge in [-0.3, -0.25) is 4.90 Å². The summed E-state index contributed by atoms with van der Waals surface area (Å²) in [5, 5.41) is -0.311. The Kier molecular flexibility index (Phi) is 3.86. The first-order valence-corrected chi connectivity index (χ1v) is 8.95. The summed E-state index contributed by atoms with van der Waals surface area (Å²) in [4.78, 5) is 2.48. The standard InChI is InChI=1S/C13H24N2O3S/c1-2-11-8-14-6-3-4-12(14)9-15(11)19(16,17)13-5-7-18-10-13/h11-13H,2-10H2,1H3. The molecule has 3 heterocycles. The second-order valence-electron chi connectivity index (χ2n) is 5.95. The summed E-state index contributed by atoms with van der Waals surface area (Å²) < 4.78 is 32.6. The van der Waals surface area contributed by atoms with Crippen LogP contribution in [0.2, 0.25) is 0 Å². The highest BCUT2D eigenvalue weighted by molar-refractivity contribution is 7.89. The van der Waals surface area contributed by atoms with Gasteiger partial charge in [0.15, 0.2) is 0 Å². The van der Waals surface area contributed by atoms with Gasteiger partial charge in [0.2, 0.25) is 10.0 Å². The van der Waals surface area contributed by atoms with E-state index in [4.69, 9.17) is 4.74 Å². The molecule has 0 aromatic carbocycles. The van der Waals surface area contributed by atoms with E-state index in [0.717, 1.165) is 25.9 Å². The Hall–Kier alpha value is -0.170. The molecule has 0 aliphatic carbocycles. The monoisotopic (exact) mass is 288 g/mol. The second kappa shape index (κ2) is 5.31. The van der Waals surface area contributed by atoms with E-state index >= 15 is 0 Å². The Morgan fingerprint density at radius 3 is 2.79 bits per heavy atom. The maximum atomic E-state index is 12.8. The number of hydrogen-bond donors (Lipinski definition) is 0. The maximum Gasteiger partial charge on any atom is 0.219 e. The Morgan fingerprint density at radius 2 is 2.11 bits per heavy atom. The molecule has 19 heavy (non-hydrogen) atoms. The number of nitrogens with zero attached hydrogens (tertiary/aromatic N) is 2. The van der Waals surface area contributed by atoms with Gasteiger partial charge in [-0.2, -0.15) is 4.31 Å². The number of rotatable bonds is 3. The lowest BCUT2D eigenvalue weighted by molar-refractivity contribution is 0.105. The lowest BCUT2D eigenvalue weighted by atomic mass is 10.1. The van der Waals surface area contributed by atoms with Crippen molar-refractivity contribution in [2.75, 3.05) is 32.8 Å². The zero-order chi connectivity index (χ0) is 13.5. The number of fused-ring (bicyclic) bond motifs is 1. The molecule has 5 nitrogen and oxygen atoms in total. The Bertz CT molecular complexity index is 420. The summed E-state index contributed by atoms with van der Waals surface area (Å²) in [5.74, 6) is 0. The van der Waals surface area contributed by atoms with E-state index < -0.39 is 10.0 Å². The van der Waals surface area contributed by atoms with Gasteiger partial charge in [0.1, 0.15) is 5.25 Å². The summed E-state index contributed by atoms with van der Waals surface area (Å²) in [6.07, 6.45) is 3.91. The molecule has 110 valence electrons. The number of sulfonamides is 1. The smallest absolute Gasteiger partial charge is 0.219 e. The largest absolute Gasteiger partial charge is 0.380 e. The van der Waals surface area contributed by atoms with Gasteiger partial charge < -0.3 is 4.74 Å². The van der Waals surface area contributed by atoms with Crippen molar-refractivity contribution < 1.29 is 13.2 Å². The predicted octanol–water partition coefficient (Wildman–Crippen LogP) is 0.664. The molecule has 0 bridgehead atoms. The van der Waals surface area contributed by atoms with Crippen molar-refractivity contribution in [3.8, 4) is 0 Å². The fraction of sp³-hybridized carbons (Fsp3) is 1.00. The molecule has 0 aromatic heterocycles. The lowest BCUT2D eigenvalue weighted by Crippen LogP contribution is -2.59. The Labute approximate surface area is 115 Å². The zero-order valence-corrected chi connectivity index (χ0v) is 12.4. The molecule has 3 unspecified atom stereocenters. The van der Waals surface area contributed by atoms with Crippen LogP contribution in [0.4, 0.5) is 0 Å². The molecule has 0 N–H and O–H groups in total. The highest BCUT2D eigenvalue weighted by Gasteiger charge is 2.44. The molecule has 3 aliphatic heterocycles. The van der Waals surface area contributed by atoms with Crippen LogP contribution in [0.15, 0.2) is 0 Å². The van der Waals surface area contributed by atoms with Crippen LogP contribution in [0.3, 0.4) is 0 Å². The van der Waals surface area contributed by atoms with Gasteiger partial charge in [0.25, 0.3) is 0 Å². The van der Waals surface area contributed by atoms with Crippen LogP contribution in [0.5, 0.6) is 0 Å². The van der Waals surface area contributed by atoms with Gasteiger partial charge in [0, 0.05) is 31.8 Å². The summed E-state index contributed by atoms with van der Waals surface area (Å²) >= 11 is 0. The second-order valence-corrected chi connectivity index (χ2v) is 8.12. The third-order valence-corrected chi connectivity index (χ3v) is 7.16. The van der Waals surface area contributed by atoms with E-state index in [1.54, 1.807) is 4.31 Å². The van der Waals surface area contributed by atoms with Crippen LogP contribution in [0, 0.1) is 0 Å². The molecular weight excluding hydrogens is 264 g/mol. The van der Waals surface area contributed by atoms with Crippen molar-refractivity contribution in [3.05, 3.63) is 0 Å². The topological polar surface area (TPSA) is 49.9 Å². The fourth-order valence-electron chi connectivity index (χ4n) is 3.64. The van der Waals surface area contributed by atoms with Gasteiger partial charge in [0.05, 0.1) is 6.61 Å². The summed E-state index contributed by atoms with van der Waals surface area (Å²) in [7, 11) is -3.18. The zero-order valence-electron chi connectivity index (χ0n) is 11.6. The van der Waals surface area contributed by atoms with Gasteiger partial charge in [-0.15, -0.1) is 0 Å². The van der Waals surface area contributed by atoms with Crippen molar-refractivity contribution in [1.82, 2.24) is 9.21 Å². The van der Waals surface area contributed by atoms with Crippen molar-refractivity contribution in [2.24, 2.45) is 0 Å². The van der Waals surface area contributed by atoms with Crippen LogP contribution in [0.25, 0.3) is 0 Å². The number of ether oxygens (including phenoxy) is 1. The van der Waals surface area contributed by atoms with Gasteiger partial charge in [-0.1, -0.05) is 6.92 Å². The Morgan fingerprint density at radius 1 is 1.26 bits per heavy atom. The van der Waals surface area contributed by atoms with Crippen LogP contribution in [-0.2, 0) is 14.8 Å². The third-order valence-electron chi connectivity index (χ3n) is 4.85. The summed E-state index contributed by atoms with van der Waals surface area (Å²) in [6.45, 7) is 5.80. The highest BCUT2D eigenvalue weighted by atomic mass is 32.2. The van der Waals surface area contributed by atoms with Crippen molar-refractivity contribution in [1.29, 1.82) is 0 Å². The molecule has 3 atom stereocenters. The van der Waals surface area contributed by atoms with Crippen LogP contribution < -0.4 is 0 Å². The van der Waals surface area contributed by atoms with Gasteiger partial charge in [-0.25, -0.2) is 8.42 Å². The molecule has 0 spiro atoms. The first-order chi connectivity index (χ1) is 9.13. The predicted molar refractivity (Wildman–Crippen MR) is 73.5 cm³/mol. The Balaban J connectivity index is 1.80. The molecule has 3 fully saturated rings. The van der Waals surface area contributed by atoms with Gasteiger partial charge in [-0.05, 0) is 32.2 Å². The normalized spacial score (nSPS) is 37.6. The van der Waals surface area contributed by atoms with E-state index in [9.17, 15) is 8.42 Å². The molecular formula is C13H24N2O3S. The summed E-state index contributed by atoms with van der Waals surface area (Å²) in [5.41, 5.74) is 0. The minimum atomic E-state index is -3.18. The molecule has 3 saturated heterocycles. The molecule has 3 aliphatic rings. The molecule has 3 rings (SSSR count). The first-order valence-electron chi connectivity index (χ1n) is 7.45.